The second-order valence-electron chi connectivity index (χ2n) is 4.26. The molecule has 88 valence electrons. The fourth-order valence-corrected chi connectivity index (χ4v) is 2.81. The van der Waals surface area contributed by atoms with Gasteiger partial charge < -0.3 is 10.6 Å². The van der Waals surface area contributed by atoms with E-state index >= 15 is 0 Å². The molecule has 0 amide bonds. The number of aliphatic imine (C=N–C) groups is 1. The zero-order valence-electron chi connectivity index (χ0n) is 9.35. The zero-order chi connectivity index (χ0) is 11.7. The van der Waals surface area contributed by atoms with E-state index in [1.807, 2.05) is 0 Å². The van der Waals surface area contributed by atoms with Gasteiger partial charge in [-0.1, -0.05) is 25.4 Å². The molecule has 2 heterocycles. The standard InChI is InChI=1S/C10H15ClN4S/c1-6(2)5-15-7(3-14-10(15)12)9-13-4-8(11)16-9/h4,6-7H,3,5H2,1-2H3,(H2,12,14). The monoisotopic (exact) mass is 258 g/mol. The summed E-state index contributed by atoms with van der Waals surface area (Å²) in [6, 6.07) is 0.167. The van der Waals surface area contributed by atoms with Crippen LogP contribution in [-0.2, 0) is 0 Å². The first-order valence-electron chi connectivity index (χ1n) is 5.25. The summed E-state index contributed by atoms with van der Waals surface area (Å²) in [5.74, 6) is 1.16. The molecule has 1 aromatic rings. The summed E-state index contributed by atoms with van der Waals surface area (Å²) in [7, 11) is 0. The van der Waals surface area contributed by atoms with Crippen LogP contribution >= 0.6 is 22.9 Å². The summed E-state index contributed by atoms with van der Waals surface area (Å²) in [5, 5.41) is 0.995. The Bertz CT molecular complexity index is 401. The Hall–Kier alpha value is -0.810. The molecular weight excluding hydrogens is 244 g/mol. The number of rotatable bonds is 3. The number of thiazole rings is 1. The van der Waals surface area contributed by atoms with Crippen molar-refractivity contribution in [2.45, 2.75) is 19.9 Å². The molecule has 1 aromatic heterocycles. The fraction of sp³-hybridized carbons (Fsp3) is 0.600. The van der Waals surface area contributed by atoms with E-state index in [9.17, 15) is 0 Å². The fourth-order valence-electron chi connectivity index (χ4n) is 1.78. The van der Waals surface area contributed by atoms with Gasteiger partial charge in [-0.3, -0.25) is 4.99 Å². The van der Waals surface area contributed by atoms with Crippen LogP contribution < -0.4 is 5.73 Å². The average molecular weight is 259 g/mol. The van der Waals surface area contributed by atoms with Gasteiger partial charge in [-0.2, -0.15) is 0 Å². The molecule has 1 aliphatic rings. The Labute approximate surface area is 104 Å². The third-order valence-corrected chi connectivity index (χ3v) is 3.66. The number of nitrogens with zero attached hydrogens (tertiary/aromatic N) is 3. The molecule has 1 aliphatic heterocycles. The predicted molar refractivity (Wildman–Crippen MR) is 67.9 cm³/mol. The molecule has 16 heavy (non-hydrogen) atoms. The highest BCUT2D eigenvalue weighted by atomic mass is 35.5. The first kappa shape index (κ1) is 11.7. The van der Waals surface area contributed by atoms with Crippen LogP contribution in [0, 0.1) is 5.92 Å². The van der Waals surface area contributed by atoms with Crippen LogP contribution in [0.1, 0.15) is 24.9 Å². The van der Waals surface area contributed by atoms with Crippen LogP contribution in [0.25, 0.3) is 0 Å². The summed E-state index contributed by atoms with van der Waals surface area (Å²) in [5.41, 5.74) is 5.88. The maximum atomic E-state index is 5.90. The maximum Gasteiger partial charge on any atom is 0.192 e. The number of aromatic nitrogens is 1. The van der Waals surface area contributed by atoms with E-state index in [0.29, 0.717) is 22.8 Å². The topological polar surface area (TPSA) is 54.5 Å². The van der Waals surface area contributed by atoms with E-state index in [4.69, 9.17) is 17.3 Å². The van der Waals surface area contributed by atoms with Gasteiger partial charge in [-0.05, 0) is 5.92 Å². The van der Waals surface area contributed by atoms with E-state index in [1.165, 1.54) is 11.3 Å². The van der Waals surface area contributed by atoms with E-state index in [0.717, 1.165) is 11.6 Å². The molecule has 1 atom stereocenters. The summed E-state index contributed by atoms with van der Waals surface area (Å²) >= 11 is 7.40. The minimum Gasteiger partial charge on any atom is -0.370 e. The molecule has 0 saturated heterocycles. The second kappa shape index (κ2) is 4.59. The van der Waals surface area contributed by atoms with Crippen molar-refractivity contribution >= 4 is 28.9 Å². The van der Waals surface area contributed by atoms with Crippen molar-refractivity contribution in [1.29, 1.82) is 0 Å². The Kier molecular flexibility index (Phi) is 3.35. The van der Waals surface area contributed by atoms with Crippen molar-refractivity contribution in [2.75, 3.05) is 13.1 Å². The van der Waals surface area contributed by atoms with Gasteiger partial charge in [-0.15, -0.1) is 11.3 Å². The molecule has 2 rings (SSSR count). The lowest BCUT2D eigenvalue weighted by Gasteiger charge is -2.26. The molecule has 0 aliphatic carbocycles. The highest BCUT2D eigenvalue weighted by Gasteiger charge is 2.29. The van der Waals surface area contributed by atoms with Crippen LogP contribution in [0.15, 0.2) is 11.2 Å². The smallest absolute Gasteiger partial charge is 0.192 e. The van der Waals surface area contributed by atoms with E-state index < -0.39 is 0 Å². The normalized spacial score (nSPS) is 20.6. The molecule has 4 nitrogen and oxygen atoms in total. The summed E-state index contributed by atoms with van der Waals surface area (Å²) in [4.78, 5) is 10.7. The van der Waals surface area contributed by atoms with Crippen LogP contribution in [-0.4, -0.2) is 28.9 Å². The average Bonchev–Trinajstić information content (AvgIpc) is 2.75. The number of halogens is 1. The quantitative estimate of drug-likeness (QED) is 0.904. The van der Waals surface area contributed by atoms with Gasteiger partial charge in [0.05, 0.1) is 12.7 Å². The number of nitrogens with two attached hydrogens (primary N) is 1. The van der Waals surface area contributed by atoms with Crippen molar-refractivity contribution in [1.82, 2.24) is 9.88 Å². The van der Waals surface area contributed by atoms with Crippen LogP contribution in [0.2, 0.25) is 4.34 Å². The van der Waals surface area contributed by atoms with E-state index in [-0.39, 0.29) is 6.04 Å². The van der Waals surface area contributed by atoms with Gasteiger partial charge in [0.1, 0.15) is 15.4 Å². The van der Waals surface area contributed by atoms with Gasteiger partial charge in [0.15, 0.2) is 5.96 Å². The lowest BCUT2D eigenvalue weighted by atomic mass is 10.2. The molecule has 0 spiro atoms. The van der Waals surface area contributed by atoms with E-state index in [1.54, 1.807) is 6.20 Å². The molecule has 0 saturated carbocycles. The van der Waals surface area contributed by atoms with Gasteiger partial charge in [0.2, 0.25) is 0 Å². The largest absolute Gasteiger partial charge is 0.370 e. The lowest BCUT2D eigenvalue weighted by Crippen LogP contribution is -2.38. The highest BCUT2D eigenvalue weighted by molar-refractivity contribution is 7.15. The zero-order valence-corrected chi connectivity index (χ0v) is 10.9. The molecule has 1 unspecified atom stereocenters. The van der Waals surface area contributed by atoms with Gasteiger partial charge in [0, 0.05) is 6.54 Å². The SMILES string of the molecule is CC(C)CN1C(N)=NCC1c1ncc(Cl)s1. The van der Waals surface area contributed by atoms with Crippen LogP contribution in [0.4, 0.5) is 0 Å². The lowest BCUT2D eigenvalue weighted by molar-refractivity contribution is 0.309. The van der Waals surface area contributed by atoms with Crippen molar-refractivity contribution < 1.29 is 0 Å². The first-order valence-corrected chi connectivity index (χ1v) is 6.45. The molecule has 0 radical (unpaired) electrons. The maximum absolute atomic E-state index is 5.90. The highest BCUT2D eigenvalue weighted by Crippen LogP contribution is 2.31. The third kappa shape index (κ3) is 2.30. The van der Waals surface area contributed by atoms with Crippen molar-refractivity contribution in [3.8, 4) is 0 Å². The molecule has 2 N–H and O–H groups in total. The number of hydrogen-bond donors (Lipinski definition) is 1. The molecule has 6 heteroatoms. The minimum absolute atomic E-state index is 0.167. The Morgan fingerprint density at radius 1 is 1.69 bits per heavy atom. The van der Waals surface area contributed by atoms with Gasteiger partial charge in [-0.25, -0.2) is 4.98 Å². The number of guanidine groups is 1. The van der Waals surface area contributed by atoms with Crippen LogP contribution in [0.3, 0.4) is 0 Å². The van der Waals surface area contributed by atoms with Gasteiger partial charge >= 0.3 is 0 Å². The molecule has 0 fully saturated rings. The predicted octanol–water partition coefficient (Wildman–Crippen LogP) is 2.12. The number of hydrogen-bond acceptors (Lipinski definition) is 5. The van der Waals surface area contributed by atoms with Crippen molar-refractivity contribution in [3.63, 3.8) is 0 Å². The summed E-state index contributed by atoms with van der Waals surface area (Å²) < 4.78 is 0.713. The van der Waals surface area contributed by atoms with Crippen molar-refractivity contribution in [2.24, 2.45) is 16.6 Å². The van der Waals surface area contributed by atoms with Crippen molar-refractivity contribution in [3.05, 3.63) is 15.5 Å². The molecule has 0 bridgehead atoms. The third-order valence-electron chi connectivity index (χ3n) is 2.44. The Balaban J connectivity index is 2.16. The van der Waals surface area contributed by atoms with Gasteiger partial charge in [0.25, 0.3) is 0 Å². The summed E-state index contributed by atoms with van der Waals surface area (Å²) in [6.07, 6.45) is 1.68. The molecule has 0 aromatic carbocycles. The minimum atomic E-state index is 0.167. The summed E-state index contributed by atoms with van der Waals surface area (Å²) in [6.45, 7) is 5.91. The second-order valence-corrected chi connectivity index (χ2v) is 5.96. The first-order chi connectivity index (χ1) is 7.58. The van der Waals surface area contributed by atoms with E-state index in [2.05, 4.69) is 28.7 Å². The van der Waals surface area contributed by atoms with Crippen LogP contribution in [0.5, 0.6) is 0 Å². The Morgan fingerprint density at radius 2 is 2.44 bits per heavy atom. The molecular formula is C10H15ClN4S. The Morgan fingerprint density at radius 3 is 3.00 bits per heavy atom.